The quantitative estimate of drug-likeness (QED) is 0.829. The van der Waals surface area contributed by atoms with Crippen molar-refractivity contribution in [2.45, 2.75) is 12.5 Å². The lowest BCUT2D eigenvalue weighted by Crippen LogP contribution is -2.59. The van der Waals surface area contributed by atoms with Crippen molar-refractivity contribution in [2.75, 3.05) is 40.5 Å². The van der Waals surface area contributed by atoms with Crippen LogP contribution in [-0.4, -0.2) is 57.8 Å². The van der Waals surface area contributed by atoms with Crippen LogP contribution in [0.2, 0.25) is 0 Å². The minimum Gasteiger partial charge on any atom is -0.492 e. The van der Waals surface area contributed by atoms with Gasteiger partial charge in [0.1, 0.15) is 24.8 Å². The summed E-state index contributed by atoms with van der Waals surface area (Å²) < 4.78 is 16.7. The van der Waals surface area contributed by atoms with E-state index in [0.29, 0.717) is 6.61 Å². The van der Waals surface area contributed by atoms with E-state index in [4.69, 9.17) is 14.2 Å². The molecule has 0 radical (unpaired) electrons. The van der Waals surface area contributed by atoms with Gasteiger partial charge in [-0.15, -0.1) is 0 Å². The average Bonchev–Trinajstić information content (AvgIpc) is 2.48. The first-order valence-electron chi connectivity index (χ1n) is 6.55. The van der Waals surface area contributed by atoms with E-state index in [9.17, 15) is 0 Å². The van der Waals surface area contributed by atoms with Crippen molar-refractivity contribution in [2.24, 2.45) is 0 Å². The van der Waals surface area contributed by atoms with Crippen LogP contribution in [0.5, 0.6) is 5.75 Å². The Balaban J connectivity index is 1.84. The monoisotopic (exact) mass is 266 g/mol. The maximum atomic E-state index is 5.72. The fraction of sp³-hybridized carbons (Fsp3) is 0.571. The second kappa shape index (κ2) is 7.45. The van der Waals surface area contributed by atoms with E-state index in [1.165, 1.54) is 0 Å². The lowest BCUT2D eigenvalue weighted by atomic mass is 10.3. The van der Waals surface area contributed by atoms with E-state index < -0.39 is 0 Å². The molecule has 1 N–H and O–H groups in total. The molecule has 2 rings (SSSR count). The molecular weight excluding hydrogens is 244 g/mol. The van der Waals surface area contributed by atoms with E-state index >= 15 is 0 Å². The van der Waals surface area contributed by atoms with E-state index in [1.54, 1.807) is 14.2 Å². The van der Waals surface area contributed by atoms with Gasteiger partial charge in [0, 0.05) is 33.9 Å². The lowest BCUT2D eigenvalue weighted by Gasteiger charge is -2.40. The van der Waals surface area contributed by atoms with Gasteiger partial charge >= 0.3 is 0 Å². The summed E-state index contributed by atoms with van der Waals surface area (Å²) in [6.45, 7) is 3.00. The second-order valence-corrected chi connectivity index (χ2v) is 4.44. The third-order valence-electron chi connectivity index (χ3n) is 3.28. The van der Waals surface area contributed by atoms with E-state index in [0.717, 1.165) is 25.4 Å². The Labute approximate surface area is 114 Å². The topological polar surface area (TPSA) is 43.0 Å². The number of nitrogens with one attached hydrogen (secondary N) is 1. The summed E-state index contributed by atoms with van der Waals surface area (Å²) in [5.41, 5.74) is 0. The molecule has 1 aliphatic heterocycles. The van der Waals surface area contributed by atoms with Gasteiger partial charge in [0.05, 0.1) is 0 Å². The van der Waals surface area contributed by atoms with Gasteiger partial charge < -0.3 is 19.5 Å². The molecule has 2 atom stereocenters. The Kier molecular flexibility index (Phi) is 5.60. The van der Waals surface area contributed by atoms with Crippen LogP contribution in [0.3, 0.4) is 0 Å². The number of hydrogen-bond donors (Lipinski definition) is 1. The van der Waals surface area contributed by atoms with Crippen LogP contribution < -0.4 is 10.1 Å². The molecule has 0 amide bonds. The highest BCUT2D eigenvalue weighted by Crippen LogP contribution is 2.13. The smallest absolute Gasteiger partial charge is 0.124 e. The van der Waals surface area contributed by atoms with Crippen molar-refractivity contribution in [3.63, 3.8) is 0 Å². The molecule has 0 saturated carbocycles. The summed E-state index contributed by atoms with van der Waals surface area (Å²) in [5, 5.41) is 3.29. The molecule has 1 fully saturated rings. The number of rotatable bonds is 6. The molecule has 1 aromatic carbocycles. The molecule has 5 heteroatoms. The van der Waals surface area contributed by atoms with Crippen LogP contribution in [0.25, 0.3) is 0 Å². The van der Waals surface area contributed by atoms with Crippen molar-refractivity contribution in [3.05, 3.63) is 30.3 Å². The number of hydrogen-bond acceptors (Lipinski definition) is 5. The molecule has 0 spiro atoms. The Morgan fingerprint density at radius 3 is 2.32 bits per heavy atom. The van der Waals surface area contributed by atoms with Crippen LogP contribution in [-0.2, 0) is 9.47 Å². The van der Waals surface area contributed by atoms with Gasteiger partial charge in [0.2, 0.25) is 0 Å². The van der Waals surface area contributed by atoms with Gasteiger partial charge in [0.25, 0.3) is 0 Å². The summed E-state index contributed by atoms with van der Waals surface area (Å²) in [6.07, 6.45) is 0.0520. The standard InChI is InChI=1S/C14H22N2O3/c1-17-13-10-15-11-14(18-2)16(13)8-9-19-12-6-4-3-5-7-12/h3-7,13-15H,8-11H2,1-2H3. The highest BCUT2D eigenvalue weighted by molar-refractivity contribution is 5.20. The summed E-state index contributed by atoms with van der Waals surface area (Å²) in [6, 6.07) is 9.83. The number of piperazine rings is 1. The summed E-state index contributed by atoms with van der Waals surface area (Å²) >= 11 is 0. The molecular formula is C14H22N2O3. The summed E-state index contributed by atoms with van der Waals surface area (Å²) in [7, 11) is 3.44. The molecule has 2 unspecified atom stereocenters. The number of para-hydroxylation sites is 1. The molecule has 1 aliphatic rings. The zero-order valence-corrected chi connectivity index (χ0v) is 11.5. The van der Waals surface area contributed by atoms with Crippen LogP contribution in [0.4, 0.5) is 0 Å². The molecule has 0 aromatic heterocycles. The Bertz CT molecular complexity index is 349. The number of benzene rings is 1. The van der Waals surface area contributed by atoms with Gasteiger partial charge in [-0.2, -0.15) is 0 Å². The predicted molar refractivity (Wildman–Crippen MR) is 73.1 cm³/mol. The van der Waals surface area contributed by atoms with Crippen molar-refractivity contribution < 1.29 is 14.2 Å². The van der Waals surface area contributed by atoms with Gasteiger partial charge in [0.15, 0.2) is 0 Å². The van der Waals surface area contributed by atoms with E-state index in [-0.39, 0.29) is 12.5 Å². The Morgan fingerprint density at radius 2 is 1.74 bits per heavy atom. The minimum atomic E-state index is 0.0260. The highest BCUT2D eigenvalue weighted by Gasteiger charge is 2.29. The third kappa shape index (κ3) is 3.91. The Morgan fingerprint density at radius 1 is 1.11 bits per heavy atom. The Hall–Kier alpha value is -1.14. The third-order valence-corrected chi connectivity index (χ3v) is 3.28. The van der Waals surface area contributed by atoms with Crippen LogP contribution >= 0.6 is 0 Å². The van der Waals surface area contributed by atoms with Crippen molar-refractivity contribution in [3.8, 4) is 5.75 Å². The van der Waals surface area contributed by atoms with Crippen LogP contribution in [0.15, 0.2) is 30.3 Å². The lowest BCUT2D eigenvalue weighted by molar-refractivity contribution is -0.150. The molecule has 0 aliphatic carbocycles. The van der Waals surface area contributed by atoms with Crippen LogP contribution in [0, 0.1) is 0 Å². The summed E-state index contributed by atoms with van der Waals surface area (Å²) in [5.74, 6) is 0.889. The van der Waals surface area contributed by atoms with Gasteiger partial charge in [-0.1, -0.05) is 18.2 Å². The molecule has 5 nitrogen and oxygen atoms in total. The molecule has 1 aromatic rings. The maximum absolute atomic E-state index is 5.72. The first kappa shape index (κ1) is 14.3. The SMILES string of the molecule is COC1CNCC(OC)N1CCOc1ccccc1. The van der Waals surface area contributed by atoms with Gasteiger partial charge in [-0.3, -0.25) is 0 Å². The van der Waals surface area contributed by atoms with Gasteiger partial charge in [-0.25, -0.2) is 4.90 Å². The molecule has 0 bridgehead atoms. The number of ether oxygens (including phenoxy) is 3. The zero-order chi connectivity index (χ0) is 13.5. The van der Waals surface area contributed by atoms with Gasteiger partial charge in [-0.05, 0) is 12.1 Å². The molecule has 19 heavy (non-hydrogen) atoms. The van der Waals surface area contributed by atoms with Crippen molar-refractivity contribution in [1.29, 1.82) is 0 Å². The number of methoxy groups -OCH3 is 2. The largest absolute Gasteiger partial charge is 0.492 e. The second-order valence-electron chi connectivity index (χ2n) is 4.44. The first-order chi connectivity index (χ1) is 9.35. The highest BCUT2D eigenvalue weighted by atomic mass is 16.5. The fourth-order valence-corrected chi connectivity index (χ4v) is 2.26. The predicted octanol–water partition coefficient (Wildman–Crippen LogP) is 0.916. The maximum Gasteiger partial charge on any atom is 0.124 e. The normalized spacial score (nSPS) is 24.3. The van der Waals surface area contributed by atoms with Crippen LogP contribution in [0.1, 0.15) is 0 Å². The molecule has 1 heterocycles. The molecule has 1 saturated heterocycles. The molecule has 106 valence electrons. The summed E-state index contributed by atoms with van der Waals surface area (Å²) in [4.78, 5) is 2.18. The van der Waals surface area contributed by atoms with Crippen molar-refractivity contribution >= 4 is 0 Å². The minimum absolute atomic E-state index is 0.0260. The average molecular weight is 266 g/mol. The first-order valence-corrected chi connectivity index (χ1v) is 6.55. The zero-order valence-electron chi connectivity index (χ0n) is 11.5. The van der Waals surface area contributed by atoms with Crippen molar-refractivity contribution in [1.82, 2.24) is 10.2 Å². The van der Waals surface area contributed by atoms with E-state index in [2.05, 4.69) is 10.2 Å². The van der Waals surface area contributed by atoms with E-state index in [1.807, 2.05) is 30.3 Å². The fourth-order valence-electron chi connectivity index (χ4n) is 2.26. The number of nitrogens with zero attached hydrogens (tertiary/aromatic N) is 1.